The number of methoxy groups -OCH3 is 1. The summed E-state index contributed by atoms with van der Waals surface area (Å²) in [6.07, 6.45) is 8.68. The maximum Gasteiger partial charge on any atom is 0.337 e. The number of benzene rings is 1. The molecule has 2 aliphatic carbocycles. The molecule has 4 nitrogen and oxygen atoms in total. The van der Waals surface area contributed by atoms with Crippen LogP contribution in [-0.2, 0) is 16.0 Å². The number of amides is 1. The molecule has 0 heterocycles. The van der Waals surface area contributed by atoms with Crippen molar-refractivity contribution in [1.82, 2.24) is 5.32 Å². The van der Waals surface area contributed by atoms with E-state index in [4.69, 9.17) is 4.74 Å². The van der Waals surface area contributed by atoms with Gasteiger partial charge in [-0.2, -0.15) is 0 Å². The molecule has 0 radical (unpaired) electrons. The average Bonchev–Trinajstić information content (AvgIpc) is 3.22. The molecule has 0 aliphatic heterocycles. The third-order valence-electron chi connectivity index (χ3n) is 5.23. The van der Waals surface area contributed by atoms with E-state index in [-0.39, 0.29) is 17.9 Å². The maximum atomic E-state index is 12.2. The monoisotopic (exact) mass is 315 g/mol. The molecule has 1 N–H and O–H groups in total. The van der Waals surface area contributed by atoms with Crippen molar-refractivity contribution in [2.75, 3.05) is 7.11 Å². The van der Waals surface area contributed by atoms with Gasteiger partial charge in [-0.15, -0.1) is 0 Å². The molecule has 0 aromatic heterocycles. The van der Waals surface area contributed by atoms with Gasteiger partial charge >= 0.3 is 5.97 Å². The number of hydrogen-bond donors (Lipinski definition) is 1. The van der Waals surface area contributed by atoms with Crippen molar-refractivity contribution in [1.29, 1.82) is 0 Å². The summed E-state index contributed by atoms with van der Waals surface area (Å²) in [7, 11) is 1.39. The highest BCUT2D eigenvalue weighted by atomic mass is 16.5. The number of aryl methyl sites for hydroxylation is 1. The zero-order valence-corrected chi connectivity index (χ0v) is 13.8. The molecule has 2 aliphatic rings. The van der Waals surface area contributed by atoms with Gasteiger partial charge in [-0.3, -0.25) is 4.79 Å². The molecule has 1 aromatic rings. The first-order valence-electron chi connectivity index (χ1n) is 8.68. The Kier molecular flexibility index (Phi) is 4.99. The van der Waals surface area contributed by atoms with Crippen molar-refractivity contribution in [3.8, 4) is 0 Å². The van der Waals surface area contributed by atoms with Crippen molar-refractivity contribution < 1.29 is 14.3 Å². The van der Waals surface area contributed by atoms with Crippen molar-refractivity contribution in [3.05, 3.63) is 34.9 Å². The molecule has 1 amide bonds. The summed E-state index contributed by atoms with van der Waals surface area (Å²) in [5, 5.41) is 3.15. The normalized spacial score (nSPS) is 20.3. The molecule has 1 aromatic carbocycles. The van der Waals surface area contributed by atoms with E-state index in [0.717, 1.165) is 30.7 Å². The highest BCUT2D eigenvalue weighted by Gasteiger charge is 2.25. The second-order valence-corrected chi connectivity index (χ2v) is 6.75. The molecule has 1 saturated carbocycles. The maximum absolute atomic E-state index is 12.2. The van der Waals surface area contributed by atoms with Crippen molar-refractivity contribution >= 4 is 11.9 Å². The van der Waals surface area contributed by atoms with Gasteiger partial charge in [-0.25, -0.2) is 4.79 Å². The minimum Gasteiger partial charge on any atom is -0.465 e. The topological polar surface area (TPSA) is 55.4 Å². The lowest BCUT2D eigenvalue weighted by Gasteiger charge is -2.16. The highest BCUT2D eigenvalue weighted by molar-refractivity contribution is 5.89. The molecule has 1 atom stereocenters. The van der Waals surface area contributed by atoms with Gasteiger partial charge in [0.25, 0.3) is 0 Å². The summed E-state index contributed by atoms with van der Waals surface area (Å²) in [6.45, 7) is 0. The van der Waals surface area contributed by atoms with Gasteiger partial charge in [-0.1, -0.05) is 31.7 Å². The predicted octanol–water partition coefficient (Wildman–Crippen LogP) is 3.55. The molecule has 0 saturated heterocycles. The lowest BCUT2D eigenvalue weighted by Crippen LogP contribution is -2.27. The van der Waals surface area contributed by atoms with Crippen LogP contribution in [0.15, 0.2) is 18.2 Å². The molecule has 0 bridgehead atoms. The lowest BCUT2D eigenvalue weighted by atomic mass is 10.0. The van der Waals surface area contributed by atoms with Gasteiger partial charge in [0.2, 0.25) is 5.91 Å². The van der Waals surface area contributed by atoms with E-state index >= 15 is 0 Å². The van der Waals surface area contributed by atoms with Crippen LogP contribution in [0.5, 0.6) is 0 Å². The predicted molar refractivity (Wildman–Crippen MR) is 88.2 cm³/mol. The Morgan fingerprint density at radius 3 is 2.74 bits per heavy atom. The standard InChI is InChI=1S/C19H25NO3/c1-23-19(22)15-8-7-14-9-10-17(16(14)12-15)20-18(21)11-6-13-4-2-3-5-13/h7-8,12-13,17H,2-6,9-11H2,1H3,(H,20,21). The minimum absolute atomic E-state index is 0.0330. The van der Waals surface area contributed by atoms with E-state index in [0.29, 0.717) is 12.0 Å². The van der Waals surface area contributed by atoms with E-state index in [9.17, 15) is 9.59 Å². The number of nitrogens with one attached hydrogen (secondary N) is 1. The first-order chi connectivity index (χ1) is 11.2. The first-order valence-corrected chi connectivity index (χ1v) is 8.68. The molecule has 124 valence electrons. The average molecular weight is 315 g/mol. The summed E-state index contributed by atoms with van der Waals surface area (Å²) >= 11 is 0. The quantitative estimate of drug-likeness (QED) is 0.845. The summed E-state index contributed by atoms with van der Waals surface area (Å²) in [5.41, 5.74) is 2.85. The van der Waals surface area contributed by atoms with Crippen molar-refractivity contribution in [3.63, 3.8) is 0 Å². The molecule has 0 spiro atoms. The molecule has 4 heteroatoms. The van der Waals surface area contributed by atoms with Gasteiger partial charge in [0.05, 0.1) is 18.7 Å². The zero-order chi connectivity index (χ0) is 16.2. The number of esters is 1. The second-order valence-electron chi connectivity index (χ2n) is 6.75. The van der Waals surface area contributed by atoms with Gasteiger partial charge in [0.15, 0.2) is 0 Å². The number of ether oxygens (including phenoxy) is 1. The molecule has 3 rings (SSSR count). The van der Waals surface area contributed by atoms with Gasteiger partial charge < -0.3 is 10.1 Å². The van der Waals surface area contributed by atoms with E-state index in [2.05, 4.69) is 5.32 Å². The third kappa shape index (κ3) is 3.74. The molecule has 1 unspecified atom stereocenters. The van der Waals surface area contributed by atoms with Crippen LogP contribution in [0.2, 0.25) is 0 Å². The largest absolute Gasteiger partial charge is 0.465 e. The first kappa shape index (κ1) is 16.0. The van der Waals surface area contributed by atoms with E-state index in [1.165, 1.54) is 38.4 Å². The van der Waals surface area contributed by atoms with Crippen LogP contribution in [0.25, 0.3) is 0 Å². The smallest absolute Gasteiger partial charge is 0.337 e. The second kappa shape index (κ2) is 7.16. The fourth-order valence-electron chi connectivity index (χ4n) is 3.90. The number of fused-ring (bicyclic) bond motifs is 1. The van der Waals surface area contributed by atoms with Crippen LogP contribution in [0.3, 0.4) is 0 Å². The highest BCUT2D eigenvalue weighted by Crippen LogP contribution is 2.33. The van der Waals surface area contributed by atoms with Crippen molar-refractivity contribution in [2.24, 2.45) is 5.92 Å². The summed E-state index contributed by atoms with van der Waals surface area (Å²) in [4.78, 5) is 23.9. The molecule has 1 fully saturated rings. The zero-order valence-electron chi connectivity index (χ0n) is 13.8. The third-order valence-corrected chi connectivity index (χ3v) is 5.23. The Balaban J connectivity index is 1.60. The van der Waals surface area contributed by atoms with Gasteiger partial charge in [0, 0.05) is 6.42 Å². The Bertz CT molecular complexity index is 590. The Labute approximate surface area is 137 Å². The molecule has 23 heavy (non-hydrogen) atoms. The molecular weight excluding hydrogens is 290 g/mol. The number of rotatable bonds is 5. The van der Waals surface area contributed by atoms with E-state index in [1.807, 2.05) is 12.1 Å². The lowest BCUT2D eigenvalue weighted by molar-refractivity contribution is -0.122. The SMILES string of the molecule is COC(=O)c1ccc2c(c1)C(NC(=O)CCC1CCCC1)CC2. The summed E-state index contributed by atoms with van der Waals surface area (Å²) in [5.74, 6) is 0.548. The van der Waals surface area contributed by atoms with Crippen LogP contribution >= 0.6 is 0 Å². The van der Waals surface area contributed by atoms with Crippen molar-refractivity contribution in [2.45, 2.75) is 57.4 Å². The van der Waals surface area contributed by atoms with Crippen LogP contribution in [0.1, 0.15) is 72.5 Å². The van der Waals surface area contributed by atoms with Crippen LogP contribution in [0.4, 0.5) is 0 Å². The Morgan fingerprint density at radius 2 is 2.00 bits per heavy atom. The van der Waals surface area contributed by atoms with Crippen LogP contribution in [0, 0.1) is 5.92 Å². The Morgan fingerprint density at radius 1 is 1.22 bits per heavy atom. The van der Waals surface area contributed by atoms with E-state index in [1.54, 1.807) is 6.07 Å². The van der Waals surface area contributed by atoms with Gasteiger partial charge in [-0.05, 0) is 48.4 Å². The van der Waals surface area contributed by atoms with E-state index < -0.39 is 0 Å². The summed E-state index contributed by atoms with van der Waals surface area (Å²) in [6, 6.07) is 5.68. The minimum atomic E-state index is -0.328. The van der Waals surface area contributed by atoms with Crippen LogP contribution in [-0.4, -0.2) is 19.0 Å². The van der Waals surface area contributed by atoms with Gasteiger partial charge in [0.1, 0.15) is 0 Å². The fourth-order valence-corrected chi connectivity index (χ4v) is 3.90. The summed E-state index contributed by atoms with van der Waals surface area (Å²) < 4.78 is 4.78. The number of carbonyl (C=O) groups excluding carboxylic acids is 2. The molecular formula is C19H25NO3. The van der Waals surface area contributed by atoms with Crippen LogP contribution < -0.4 is 5.32 Å². The number of carbonyl (C=O) groups is 2. The number of hydrogen-bond acceptors (Lipinski definition) is 3. The fraction of sp³-hybridized carbons (Fsp3) is 0.579. The Hall–Kier alpha value is -1.84.